The minimum absolute atomic E-state index is 0.0782. The molecular weight excluding hydrogens is 279 g/mol. The van der Waals surface area contributed by atoms with Gasteiger partial charge in [0.15, 0.2) is 21.4 Å². The molecule has 2 atom stereocenters. The Hall–Kier alpha value is -0.810. The average molecular weight is 293 g/mol. The first-order valence-corrected chi connectivity index (χ1v) is 7.86. The number of ether oxygens (including phenoxy) is 1. The van der Waals surface area contributed by atoms with Gasteiger partial charge in [0.25, 0.3) is 0 Å². The third-order valence-corrected chi connectivity index (χ3v) is 5.58. The standard InChI is InChI=1S/C12H14ClFO3S/c1-17-11-3-2-8(6-10(11)14)12(13)9-4-5-18(15,16)7-9/h2-3,6,9,12H,4-5,7H2,1H3. The third kappa shape index (κ3) is 2.78. The zero-order valence-electron chi connectivity index (χ0n) is 9.90. The lowest BCUT2D eigenvalue weighted by atomic mass is 9.98. The molecule has 2 unspecified atom stereocenters. The highest BCUT2D eigenvalue weighted by atomic mass is 35.5. The fraction of sp³-hybridized carbons (Fsp3) is 0.500. The van der Waals surface area contributed by atoms with Gasteiger partial charge in [-0.05, 0) is 30.0 Å². The van der Waals surface area contributed by atoms with Crippen molar-refractivity contribution in [1.29, 1.82) is 0 Å². The van der Waals surface area contributed by atoms with Crippen molar-refractivity contribution in [2.75, 3.05) is 18.6 Å². The van der Waals surface area contributed by atoms with E-state index in [9.17, 15) is 12.8 Å². The maximum atomic E-state index is 13.5. The summed E-state index contributed by atoms with van der Waals surface area (Å²) < 4.78 is 41.2. The Morgan fingerprint density at radius 1 is 1.50 bits per heavy atom. The van der Waals surface area contributed by atoms with Crippen molar-refractivity contribution in [1.82, 2.24) is 0 Å². The zero-order valence-corrected chi connectivity index (χ0v) is 11.5. The van der Waals surface area contributed by atoms with Crippen LogP contribution in [-0.4, -0.2) is 27.0 Å². The molecule has 6 heteroatoms. The molecule has 0 saturated carbocycles. The number of benzene rings is 1. The highest BCUT2D eigenvalue weighted by molar-refractivity contribution is 7.91. The van der Waals surface area contributed by atoms with Crippen LogP contribution in [0.5, 0.6) is 5.75 Å². The zero-order chi connectivity index (χ0) is 13.3. The summed E-state index contributed by atoms with van der Waals surface area (Å²) in [5.41, 5.74) is 0.595. The van der Waals surface area contributed by atoms with E-state index in [-0.39, 0.29) is 23.2 Å². The van der Waals surface area contributed by atoms with Gasteiger partial charge in [-0.1, -0.05) is 6.07 Å². The van der Waals surface area contributed by atoms with Gasteiger partial charge in [-0.25, -0.2) is 12.8 Å². The first-order chi connectivity index (χ1) is 8.43. The summed E-state index contributed by atoms with van der Waals surface area (Å²) in [6.45, 7) is 0. The van der Waals surface area contributed by atoms with Crippen molar-refractivity contribution in [3.63, 3.8) is 0 Å². The minimum atomic E-state index is -2.97. The molecule has 1 aliphatic rings. The largest absolute Gasteiger partial charge is 0.494 e. The van der Waals surface area contributed by atoms with E-state index in [0.717, 1.165) is 0 Å². The van der Waals surface area contributed by atoms with E-state index in [1.165, 1.54) is 19.2 Å². The first kappa shape index (κ1) is 13.6. The predicted molar refractivity (Wildman–Crippen MR) is 68.3 cm³/mol. The van der Waals surface area contributed by atoms with Crippen molar-refractivity contribution in [3.05, 3.63) is 29.6 Å². The Morgan fingerprint density at radius 2 is 2.22 bits per heavy atom. The van der Waals surface area contributed by atoms with Gasteiger partial charge in [0.05, 0.1) is 24.0 Å². The van der Waals surface area contributed by atoms with Gasteiger partial charge in [0.2, 0.25) is 0 Å². The van der Waals surface area contributed by atoms with E-state index in [0.29, 0.717) is 12.0 Å². The quantitative estimate of drug-likeness (QED) is 0.804. The normalized spacial score (nSPS) is 23.8. The van der Waals surface area contributed by atoms with Gasteiger partial charge in [-0.3, -0.25) is 0 Å². The molecule has 0 N–H and O–H groups in total. The van der Waals surface area contributed by atoms with Crippen LogP contribution < -0.4 is 4.74 Å². The Balaban J connectivity index is 2.19. The second kappa shape index (κ2) is 5.05. The molecule has 1 aliphatic heterocycles. The second-order valence-corrected chi connectivity index (χ2v) is 7.16. The molecule has 1 fully saturated rings. The van der Waals surface area contributed by atoms with Gasteiger partial charge in [-0.2, -0.15) is 0 Å². The van der Waals surface area contributed by atoms with Crippen LogP contribution in [0.3, 0.4) is 0 Å². The van der Waals surface area contributed by atoms with Gasteiger partial charge in [0.1, 0.15) is 0 Å². The molecule has 1 aromatic rings. The number of methoxy groups -OCH3 is 1. The fourth-order valence-corrected chi connectivity index (χ4v) is 4.48. The summed E-state index contributed by atoms with van der Waals surface area (Å²) in [5.74, 6) is -0.235. The molecular formula is C12H14ClFO3S. The van der Waals surface area contributed by atoms with Crippen LogP contribution in [0.25, 0.3) is 0 Å². The van der Waals surface area contributed by atoms with Crippen molar-refractivity contribution < 1.29 is 17.5 Å². The molecule has 1 saturated heterocycles. The van der Waals surface area contributed by atoms with E-state index >= 15 is 0 Å². The van der Waals surface area contributed by atoms with E-state index in [1.807, 2.05) is 0 Å². The van der Waals surface area contributed by atoms with Crippen LogP contribution in [0, 0.1) is 11.7 Å². The van der Waals surface area contributed by atoms with Gasteiger partial charge < -0.3 is 4.74 Å². The summed E-state index contributed by atoms with van der Waals surface area (Å²) in [4.78, 5) is 0. The van der Waals surface area contributed by atoms with Crippen LogP contribution in [0.15, 0.2) is 18.2 Å². The van der Waals surface area contributed by atoms with Crippen molar-refractivity contribution in [2.24, 2.45) is 5.92 Å². The average Bonchev–Trinajstić information content (AvgIpc) is 2.68. The number of sulfone groups is 1. The molecule has 0 radical (unpaired) electrons. The number of hydrogen-bond acceptors (Lipinski definition) is 3. The van der Waals surface area contributed by atoms with E-state index < -0.39 is 21.0 Å². The van der Waals surface area contributed by atoms with Gasteiger partial charge in [-0.15, -0.1) is 11.6 Å². The van der Waals surface area contributed by atoms with E-state index in [2.05, 4.69) is 0 Å². The van der Waals surface area contributed by atoms with Crippen LogP contribution >= 0.6 is 11.6 Å². The Bertz CT molecular complexity index is 544. The Labute approximate surface area is 111 Å². The minimum Gasteiger partial charge on any atom is -0.494 e. The lowest BCUT2D eigenvalue weighted by Gasteiger charge is -2.16. The number of halogens is 2. The summed E-state index contributed by atoms with van der Waals surface area (Å²) in [6, 6.07) is 4.48. The number of alkyl halides is 1. The van der Waals surface area contributed by atoms with Crippen LogP contribution in [0.4, 0.5) is 4.39 Å². The molecule has 2 rings (SSSR count). The molecule has 0 bridgehead atoms. The highest BCUT2D eigenvalue weighted by Gasteiger charge is 2.33. The third-order valence-electron chi connectivity index (χ3n) is 3.18. The molecule has 0 aromatic heterocycles. The summed E-state index contributed by atoms with van der Waals surface area (Å²) in [7, 11) is -1.59. The molecule has 1 heterocycles. The predicted octanol–water partition coefficient (Wildman–Crippen LogP) is 2.55. The molecule has 0 aliphatic carbocycles. The molecule has 0 spiro atoms. The fourth-order valence-electron chi connectivity index (χ4n) is 2.18. The van der Waals surface area contributed by atoms with Crippen LogP contribution in [-0.2, 0) is 9.84 Å². The maximum Gasteiger partial charge on any atom is 0.165 e. The smallest absolute Gasteiger partial charge is 0.165 e. The van der Waals surface area contributed by atoms with Crippen molar-refractivity contribution >= 4 is 21.4 Å². The Morgan fingerprint density at radius 3 is 2.72 bits per heavy atom. The van der Waals surface area contributed by atoms with Crippen LogP contribution in [0.1, 0.15) is 17.4 Å². The second-order valence-electron chi connectivity index (χ2n) is 4.46. The number of rotatable bonds is 3. The van der Waals surface area contributed by atoms with E-state index in [1.54, 1.807) is 6.07 Å². The lowest BCUT2D eigenvalue weighted by Crippen LogP contribution is -2.10. The summed E-state index contributed by atoms with van der Waals surface area (Å²) >= 11 is 6.24. The molecule has 1 aromatic carbocycles. The number of hydrogen-bond donors (Lipinski definition) is 0. The molecule has 3 nitrogen and oxygen atoms in total. The Kier molecular flexibility index (Phi) is 3.82. The van der Waals surface area contributed by atoms with E-state index in [4.69, 9.17) is 16.3 Å². The summed E-state index contributed by atoms with van der Waals surface area (Å²) in [5, 5.41) is -0.484. The van der Waals surface area contributed by atoms with Crippen molar-refractivity contribution in [3.8, 4) is 5.75 Å². The van der Waals surface area contributed by atoms with Crippen LogP contribution in [0.2, 0.25) is 0 Å². The van der Waals surface area contributed by atoms with Gasteiger partial charge in [0, 0.05) is 0 Å². The van der Waals surface area contributed by atoms with Gasteiger partial charge >= 0.3 is 0 Å². The SMILES string of the molecule is COc1ccc(C(Cl)C2CCS(=O)(=O)C2)cc1F. The topological polar surface area (TPSA) is 43.4 Å². The van der Waals surface area contributed by atoms with Crippen molar-refractivity contribution in [2.45, 2.75) is 11.8 Å². The lowest BCUT2D eigenvalue weighted by molar-refractivity contribution is 0.386. The molecule has 18 heavy (non-hydrogen) atoms. The monoisotopic (exact) mass is 292 g/mol. The summed E-state index contributed by atoms with van der Waals surface area (Å²) in [6.07, 6.45) is 0.532. The highest BCUT2D eigenvalue weighted by Crippen LogP contribution is 2.37. The first-order valence-electron chi connectivity index (χ1n) is 5.61. The molecule has 0 amide bonds. The molecule has 100 valence electrons. The maximum absolute atomic E-state index is 13.5.